The van der Waals surface area contributed by atoms with E-state index in [1.165, 1.54) is 38.5 Å². The molecule has 2 fully saturated rings. The Morgan fingerprint density at radius 2 is 1.67 bits per heavy atom. The van der Waals surface area contributed by atoms with Crippen molar-refractivity contribution in [1.29, 1.82) is 0 Å². The van der Waals surface area contributed by atoms with Crippen LogP contribution in [0.25, 0.3) is 0 Å². The molecule has 0 aromatic heterocycles. The molecular formula is C13H24FN. The van der Waals surface area contributed by atoms with E-state index in [1.807, 2.05) is 0 Å². The molecule has 2 rings (SSSR count). The van der Waals surface area contributed by atoms with Crippen LogP contribution in [0.1, 0.15) is 64.7 Å². The Labute approximate surface area is 92.8 Å². The zero-order valence-electron chi connectivity index (χ0n) is 9.90. The molecule has 0 heterocycles. The second-order valence-corrected chi connectivity index (χ2v) is 5.58. The van der Waals surface area contributed by atoms with Crippen molar-refractivity contribution in [2.45, 2.75) is 82.5 Å². The maximum atomic E-state index is 14.2. The zero-order valence-corrected chi connectivity index (χ0v) is 9.90. The summed E-state index contributed by atoms with van der Waals surface area (Å²) in [6.45, 7) is 1.78. The van der Waals surface area contributed by atoms with E-state index in [9.17, 15) is 4.39 Å². The standard InChI is InChI=1S/C13H24FN/c1-13(14)10-6-5-9-12(13)15-11-7-3-2-4-8-11/h11-12,15H,2-10H2,1H3. The van der Waals surface area contributed by atoms with Crippen molar-refractivity contribution in [1.82, 2.24) is 5.32 Å². The minimum Gasteiger partial charge on any atom is -0.308 e. The van der Waals surface area contributed by atoms with Crippen molar-refractivity contribution in [2.75, 3.05) is 0 Å². The van der Waals surface area contributed by atoms with Gasteiger partial charge in [0.15, 0.2) is 0 Å². The molecular weight excluding hydrogens is 189 g/mol. The van der Waals surface area contributed by atoms with Crippen LogP contribution in [0.2, 0.25) is 0 Å². The predicted octanol–water partition coefficient (Wildman–Crippen LogP) is 3.58. The van der Waals surface area contributed by atoms with Gasteiger partial charge in [-0.25, -0.2) is 4.39 Å². The fourth-order valence-corrected chi connectivity index (χ4v) is 3.11. The Kier molecular flexibility index (Phi) is 3.65. The second-order valence-electron chi connectivity index (χ2n) is 5.58. The van der Waals surface area contributed by atoms with Crippen LogP contribution in [0.4, 0.5) is 4.39 Å². The van der Waals surface area contributed by atoms with Crippen LogP contribution >= 0.6 is 0 Å². The molecule has 2 aliphatic carbocycles. The van der Waals surface area contributed by atoms with Crippen LogP contribution in [-0.4, -0.2) is 17.8 Å². The van der Waals surface area contributed by atoms with Crippen molar-refractivity contribution in [3.05, 3.63) is 0 Å². The van der Waals surface area contributed by atoms with Crippen molar-refractivity contribution in [2.24, 2.45) is 0 Å². The lowest BCUT2D eigenvalue weighted by Crippen LogP contribution is -2.52. The summed E-state index contributed by atoms with van der Waals surface area (Å²) in [5.41, 5.74) is -0.963. The molecule has 2 aliphatic rings. The minimum atomic E-state index is -0.963. The van der Waals surface area contributed by atoms with Gasteiger partial charge in [-0.15, -0.1) is 0 Å². The normalized spacial score (nSPS) is 39.2. The number of nitrogens with one attached hydrogen (secondary N) is 1. The maximum Gasteiger partial charge on any atom is 0.123 e. The number of rotatable bonds is 2. The minimum absolute atomic E-state index is 0.120. The lowest BCUT2D eigenvalue weighted by atomic mass is 9.82. The average Bonchev–Trinajstić information content (AvgIpc) is 2.23. The third-order valence-electron chi connectivity index (χ3n) is 4.18. The van der Waals surface area contributed by atoms with E-state index in [2.05, 4.69) is 5.32 Å². The first-order chi connectivity index (χ1) is 7.18. The van der Waals surface area contributed by atoms with Crippen LogP contribution in [-0.2, 0) is 0 Å². The van der Waals surface area contributed by atoms with Gasteiger partial charge >= 0.3 is 0 Å². The van der Waals surface area contributed by atoms with Gasteiger partial charge in [-0.1, -0.05) is 32.1 Å². The molecule has 2 atom stereocenters. The Hall–Kier alpha value is -0.110. The second kappa shape index (κ2) is 4.82. The topological polar surface area (TPSA) is 12.0 Å². The van der Waals surface area contributed by atoms with Gasteiger partial charge < -0.3 is 5.32 Å². The summed E-state index contributed by atoms with van der Waals surface area (Å²) in [6, 6.07) is 0.714. The van der Waals surface area contributed by atoms with Crippen LogP contribution in [0, 0.1) is 0 Å². The molecule has 15 heavy (non-hydrogen) atoms. The van der Waals surface area contributed by atoms with E-state index >= 15 is 0 Å². The first-order valence-corrected chi connectivity index (χ1v) is 6.63. The van der Waals surface area contributed by atoms with Crippen molar-refractivity contribution in [3.63, 3.8) is 0 Å². The Balaban J connectivity index is 1.85. The van der Waals surface area contributed by atoms with Gasteiger partial charge in [0.25, 0.3) is 0 Å². The first kappa shape index (κ1) is 11.4. The van der Waals surface area contributed by atoms with E-state index < -0.39 is 5.67 Å². The molecule has 2 unspecified atom stereocenters. The Morgan fingerprint density at radius 1 is 1.00 bits per heavy atom. The summed E-state index contributed by atoms with van der Waals surface area (Å²) in [5.74, 6) is 0. The lowest BCUT2D eigenvalue weighted by Gasteiger charge is -2.38. The molecule has 0 saturated heterocycles. The molecule has 0 amide bonds. The molecule has 0 spiro atoms. The number of hydrogen-bond acceptors (Lipinski definition) is 1. The van der Waals surface area contributed by atoms with Gasteiger partial charge in [0.2, 0.25) is 0 Å². The zero-order chi connectivity index (χ0) is 10.7. The molecule has 0 aliphatic heterocycles. The van der Waals surface area contributed by atoms with Crippen LogP contribution < -0.4 is 5.32 Å². The predicted molar refractivity (Wildman–Crippen MR) is 61.8 cm³/mol. The number of hydrogen-bond donors (Lipinski definition) is 1. The monoisotopic (exact) mass is 213 g/mol. The number of halogens is 1. The number of alkyl halides is 1. The molecule has 0 radical (unpaired) electrons. The Bertz CT molecular complexity index is 197. The first-order valence-electron chi connectivity index (χ1n) is 6.63. The summed E-state index contributed by atoms with van der Waals surface area (Å²) in [5, 5.41) is 3.57. The van der Waals surface area contributed by atoms with Gasteiger partial charge in [0.05, 0.1) is 0 Å². The molecule has 1 nitrogen and oxygen atoms in total. The van der Waals surface area contributed by atoms with E-state index in [0.29, 0.717) is 6.04 Å². The highest BCUT2D eigenvalue weighted by molar-refractivity contribution is 4.93. The fraction of sp³-hybridized carbons (Fsp3) is 1.00. The molecule has 2 heteroatoms. The average molecular weight is 213 g/mol. The molecule has 0 bridgehead atoms. The maximum absolute atomic E-state index is 14.2. The van der Waals surface area contributed by atoms with E-state index in [0.717, 1.165) is 19.3 Å². The van der Waals surface area contributed by atoms with Crippen LogP contribution in [0.5, 0.6) is 0 Å². The van der Waals surface area contributed by atoms with E-state index in [1.54, 1.807) is 6.92 Å². The van der Waals surface area contributed by atoms with Gasteiger partial charge in [0.1, 0.15) is 5.67 Å². The fourth-order valence-electron chi connectivity index (χ4n) is 3.11. The van der Waals surface area contributed by atoms with E-state index in [-0.39, 0.29) is 6.04 Å². The highest BCUT2D eigenvalue weighted by atomic mass is 19.1. The van der Waals surface area contributed by atoms with Crippen molar-refractivity contribution >= 4 is 0 Å². The molecule has 0 aromatic carbocycles. The summed E-state index contributed by atoms with van der Waals surface area (Å²) in [7, 11) is 0. The highest BCUT2D eigenvalue weighted by Gasteiger charge is 2.37. The summed E-state index contributed by atoms with van der Waals surface area (Å²) < 4.78 is 14.2. The SMILES string of the molecule is CC1(F)CCCCC1NC1CCCCC1. The summed E-state index contributed by atoms with van der Waals surface area (Å²) >= 11 is 0. The van der Waals surface area contributed by atoms with Gasteiger partial charge in [-0.05, 0) is 32.6 Å². The van der Waals surface area contributed by atoms with Crippen LogP contribution in [0.3, 0.4) is 0 Å². The van der Waals surface area contributed by atoms with Crippen molar-refractivity contribution in [3.8, 4) is 0 Å². The molecule has 1 N–H and O–H groups in total. The van der Waals surface area contributed by atoms with Gasteiger partial charge in [-0.3, -0.25) is 0 Å². The lowest BCUT2D eigenvalue weighted by molar-refractivity contribution is 0.0714. The largest absolute Gasteiger partial charge is 0.308 e. The molecule has 0 aromatic rings. The third kappa shape index (κ3) is 2.93. The van der Waals surface area contributed by atoms with Crippen molar-refractivity contribution < 1.29 is 4.39 Å². The smallest absolute Gasteiger partial charge is 0.123 e. The van der Waals surface area contributed by atoms with E-state index in [4.69, 9.17) is 0 Å². The van der Waals surface area contributed by atoms with Crippen LogP contribution in [0.15, 0.2) is 0 Å². The Morgan fingerprint density at radius 3 is 2.33 bits per heavy atom. The molecule has 88 valence electrons. The molecule has 2 saturated carbocycles. The summed E-state index contributed by atoms with van der Waals surface area (Å²) in [6.07, 6.45) is 10.6. The quantitative estimate of drug-likeness (QED) is 0.739. The third-order valence-corrected chi connectivity index (χ3v) is 4.18. The van der Waals surface area contributed by atoms with Gasteiger partial charge in [-0.2, -0.15) is 0 Å². The van der Waals surface area contributed by atoms with Gasteiger partial charge in [0, 0.05) is 12.1 Å². The summed E-state index contributed by atoms with van der Waals surface area (Å²) in [4.78, 5) is 0. The highest BCUT2D eigenvalue weighted by Crippen LogP contribution is 2.32.